The zero-order valence-corrected chi connectivity index (χ0v) is 15.3. The maximum Gasteiger partial charge on any atom is 0.0705 e. The molecule has 1 nitrogen and oxygen atoms in total. The van der Waals surface area contributed by atoms with Crippen molar-refractivity contribution >= 4 is 6.08 Å². The summed E-state index contributed by atoms with van der Waals surface area (Å²) in [6, 6.07) is 10.9. The first-order valence-electron chi connectivity index (χ1n) is 8.92. The molecule has 1 heteroatoms. The second kappa shape index (κ2) is 6.76. The van der Waals surface area contributed by atoms with Crippen LogP contribution in [0.4, 0.5) is 0 Å². The van der Waals surface area contributed by atoms with E-state index in [1.165, 1.54) is 16.7 Å². The van der Waals surface area contributed by atoms with Crippen molar-refractivity contribution in [3.05, 3.63) is 70.9 Å². The maximum absolute atomic E-state index is 4.66. The van der Waals surface area contributed by atoms with Crippen molar-refractivity contribution in [2.75, 3.05) is 0 Å². The van der Waals surface area contributed by atoms with Crippen molar-refractivity contribution in [3.63, 3.8) is 0 Å². The summed E-state index contributed by atoms with van der Waals surface area (Å²) in [5.74, 6) is 1.21. The Morgan fingerprint density at radius 2 is 1.67 bits per heavy atom. The van der Waals surface area contributed by atoms with Gasteiger partial charge in [0.1, 0.15) is 0 Å². The third-order valence-corrected chi connectivity index (χ3v) is 5.13. The molecule has 0 N–H and O–H groups in total. The van der Waals surface area contributed by atoms with E-state index in [1.54, 1.807) is 11.1 Å². The molecular weight excluding hydrogens is 290 g/mol. The fourth-order valence-electron chi connectivity index (χ4n) is 3.71. The van der Waals surface area contributed by atoms with Crippen LogP contribution in [0.25, 0.3) is 17.3 Å². The fourth-order valence-corrected chi connectivity index (χ4v) is 3.71. The predicted molar refractivity (Wildman–Crippen MR) is 104 cm³/mol. The van der Waals surface area contributed by atoms with Crippen LogP contribution in [0.3, 0.4) is 0 Å². The fraction of sp³-hybridized carbons (Fsp3) is 0.348. The van der Waals surface area contributed by atoms with Gasteiger partial charge in [-0.2, -0.15) is 0 Å². The van der Waals surface area contributed by atoms with Gasteiger partial charge in [0.15, 0.2) is 0 Å². The van der Waals surface area contributed by atoms with E-state index in [1.807, 2.05) is 12.3 Å². The van der Waals surface area contributed by atoms with Crippen molar-refractivity contribution in [3.8, 4) is 11.3 Å². The number of hydrogen-bond acceptors (Lipinski definition) is 1. The molecule has 0 amide bonds. The highest BCUT2D eigenvalue weighted by Crippen LogP contribution is 2.38. The summed E-state index contributed by atoms with van der Waals surface area (Å²) < 4.78 is 0. The molecule has 1 aliphatic carbocycles. The van der Waals surface area contributed by atoms with Crippen molar-refractivity contribution in [1.29, 1.82) is 0 Å². The predicted octanol–water partition coefficient (Wildman–Crippen LogP) is 6.10. The number of nitrogens with zero attached hydrogens (tertiary/aromatic N) is 1. The summed E-state index contributed by atoms with van der Waals surface area (Å²) >= 11 is 0. The lowest BCUT2D eigenvalue weighted by Gasteiger charge is -2.29. The molecule has 0 atom stereocenters. The van der Waals surface area contributed by atoms with E-state index < -0.39 is 0 Å². The smallest absolute Gasteiger partial charge is 0.0705 e. The van der Waals surface area contributed by atoms with E-state index in [0.717, 1.165) is 24.1 Å². The first kappa shape index (κ1) is 16.7. The average molecular weight is 317 g/mol. The second-order valence-electron chi connectivity index (χ2n) is 7.34. The Bertz CT molecular complexity index is 776. The molecule has 24 heavy (non-hydrogen) atoms. The van der Waals surface area contributed by atoms with E-state index in [0.29, 0.717) is 11.8 Å². The summed E-state index contributed by atoms with van der Waals surface area (Å²) in [5.41, 5.74) is 9.59. The molecule has 0 fully saturated rings. The first-order valence-corrected chi connectivity index (χ1v) is 8.92. The van der Waals surface area contributed by atoms with Gasteiger partial charge >= 0.3 is 0 Å². The van der Waals surface area contributed by atoms with Crippen molar-refractivity contribution < 1.29 is 0 Å². The molecule has 0 unspecified atom stereocenters. The van der Waals surface area contributed by atoms with Crippen LogP contribution in [-0.2, 0) is 12.8 Å². The van der Waals surface area contributed by atoms with E-state index >= 15 is 0 Å². The van der Waals surface area contributed by atoms with Crippen molar-refractivity contribution in [2.45, 2.75) is 40.5 Å². The topological polar surface area (TPSA) is 12.9 Å². The van der Waals surface area contributed by atoms with Gasteiger partial charge in [0.05, 0.1) is 5.69 Å². The molecule has 1 aromatic heterocycles. The van der Waals surface area contributed by atoms with Gasteiger partial charge in [0, 0.05) is 11.8 Å². The van der Waals surface area contributed by atoms with Crippen LogP contribution in [0.1, 0.15) is 44.4 Å². The normalized spacial score (nSPS) is 14.2. The number of hydrogen-bond donors (Lipinski definition) is 0. The quantitative estimate of drug-likeness (QED) is 0.621. The highest BCUT2D eigenvalue weighted by atomic mass is 14.7. The number of aromatic nitrogens is 1. The Labute approximate surface area is 146 Å². The molecule has 2 aromatic rings. The van der Waals surface area contributed by atoms with Crippen molar-refractivity contribution in [1.82, 2.24) is 4.98 Å². The van der Waals surface area contributed by atoms with Gasteiger partial charge in [-0.25, -0.2) is 0 Å². The standard InChI is InChI=1S/C23H27N/c1-6-17-10-11-23(24-14-17)19-9-7-8-18-12-20(15(2)3)21(16(4)5)13-22(18)19/h6-11,14-16H,1,12-13H2,2-5H3. The Morgan fingerprint density at radius 1 is 0.958 bits per heavy atom. The molecule has 1 aliphatic rings. The summed E-state index contributed by atoms with van der Waals surface area (Å²) in [6.45, 7) is 13.1. The summed E-state index contributed by atoms with van der Waals surface area (Å²) in [4.78, 5) is 4.66. The average Bonchev–Trinajstić information content (AvgIpc) is 2.60. The SMILES string of the molecule is C=Cc1ccc(-c2cccc3c2CC(C(C)C)=C(C(C)C)C3)nc1. The lowest BCUT2D eigenvalue weighted by Crippen LogP contribution is -2.17. The molecule has 0 bridgehead atoms. The van der Waals surface area contributed by atoms with Crippen LogP contribution >= 0.6 is 0 Å². The summed E-state index contributed by atoms with van der Waals surface area (Å²) in [6.07, 6.45) is 5.88. The zero-order valence-electron chi connectivity index (χ0n) is 15.3. The Balaban J connectivity index is 2.07. The van der Waals surface area contributed by atoms with Crippen LogP contribution in [0.5, 0.6) is 0 Å². The van der Waals surface area contributed by atoms with Crippen LogP contribution < -0.4 is 0 Å². The highest BCUT2D eigenvalue weighted by molar-refractivity contribution is 5.68. The van der Waals surface area contributed by atoms with Gasteiger partial charge in [0.2, 0.25) is 0 Å². The number of allylic oxidation sites excluding steroid dienone is 2. The molecule has 0 radical (unpaired) electrons. The second-order valence-corrected chi connectivity index (χ2v) is 7.34. The van der Waals surface area contributed by atoms with Crippen LogP contribution in [0.2, 0.25) is 0 Å². The minimum Gasteiger partial charge on any atom is -0.256 e. The number of benzene rings is 1. The highest BCUT2D eigenvalue weighted by Gasteiger charge is 2.24. The van der Waals surface area contributed by atoms with Gasteiger partial charge in [0.25, 0.3) is 0 Å². The number of fused-ring (bicyclic) bond motifs is 1. The van der Waals surface area contributed by atoms with Crippen LogP contribution in [0, 0.1) is 11.8 Å². The van der Waals surface area contributed by atoms with Gasteiger partial charge in [-0.1, -0.05) is 75.8 Å². The Hall–Kier alpha value is -2.15. The summed E-state index contributed by atoms with van der Waals surface area (Å²) in [7, 11) is 0. The van der Waals surface area contributed by atoms with Gasteiger partial charge in [-0.3, -0.25) is 4.98 Å². The molecule has 0 aliphatic heterocycles. The molecule has 0 spiro atoms. The molecule has 0 saturated carbocycles. The minimum atomic E-state index is 0.597. The van der Waals surface area contributed by atoms with Gasteiger partial charge < -0.3 is 0 Å². The minimum absolute atomic E-state index is 0.597. The third kappa shape index (κ3) is 3.08. The molecule has 0 saturated heterocycles. The zero-order chi connectivity index (χ0) is 17.3. The van der Waals surface area contributed by atoms with E-state index in [2.05, 4.69) is 69.6 Å². The number of rotatable bonds is 4. The van der Waals surface area contributed by atoms with Crippen molar-refractivity contribution in [2.24, 2.45) is 11.8 Å². The molecule has 124 valence electrons. The molecule has 3 rings (SSSR count). The molecular formula is C23H27N. The largest absolute Gasteiger partial charge is 0.256 e. The van der Waals surface area contributed by atoms with E-state index in [4.69, 9.17) is 0 Å². The lowest BCUT2D eigenvalue weighted by atomic mass is 9.76. The van der Waals surface area contributed by atoms with E-state index in [9.17, 15) is 0 Å². The van der Waals surface area contributed by atoms with E-state index in [-0.39, 0.29) is 0 Å². The van der Waals surface area contributed by atoms with Crippen LogP contribution in [-0.4, -0.2) is 4.98 Å². The number of pyridine rings is 1. The van der Waals surface area contributed by atoms with Crippen LogP contribution in [0.15, 0.2) is 54.3 Å². The molecule has 1 heterocycles. The van der Waals surface area contributed by atoms with Gasteiger partial charge in [-0.15, -0.1) is 0 Å². The Kier molecular flexibility index (Phi) is 4.71. The monoisotopic (exact) mass is 317 g/mol. The maximum atomic E-state index is 4.66. The first-order chi connectivity index (χ1) is 11.5. The van der Waals surface area contributed by atoms with Gasteiger partial charge in [-0.05, 0) is 47.4 Å². The lowest BCUT2D eigenvalue weighted by molar-refractivity contribution is 0.641. The summed E-state index contributed by atoms with van der Waals surface area (Å²) in [5, 5.41) is 0. The third-order valence-electron chi connectivity index (χ3n) is 5.13. The Morgan fingerprint density at radius 3 is 2.25 bits per heavy atom. The molecule has 1 aromatic carbocycles.